The van der Waals surface area contributed by atoms with Gasteiger partial charge in [0, 0.05) is 10.9 Å². The third kappa shape index (κ3) is 4.79. The lowest BCUT2D eigenvalue weighted by Crippen LogP contribution is -1.98. The van der Waals surface area contributed by atoms with Gasteiger partial charge in [0.2, 0.25) is 0 Å². The van der Waals surface area contributed by atoms with Gasteiger partial charge in [0.05, 0.1) is 0 Å². The number of rotatable bonds is 4. The lowest BCUT2D eigenvalue weighted by molar-refractivity contribution is 0.487. The molecule has 0 N–H and O–H groups in total. The first-order valence-electron chi connectivity index (χ1n) is 18.2. The van der Waals surface area contributed by atoms with Gasteiger partial charge >= 0.3 is 0 Å². The number of fused-ring (bicyclic) bond motifs is 6. The lowest BCUT2D eigenvalue weighted by Gasteiger charge is -2.23. The highest BCUT2D eigenvalue weighted by molar-refractivity contribution is 6.20. The Morgan fingerprint density at radius 1 is 0.264 bits per heavy atom. The van der Waals surface area contributed by atoms with E-state index in [4.69, 9.17) is 4.74 Å². The van der Waals surface area contributed by atoms with E-state index in [0.29, 0.717) is 0 Å². The zero-order valence-electron chi connectivity index (χ0n) is 28.9. The van der Waals surface area contributed by atoms with E-state index in [1.807, 2.05) is 0 Å². The predicted octanol–water partition coefficient (Wildman–Crippen LogP) is 14.7. The highest BCUT2D eigenvalue weighted by Crippen LogP contribution is 2.50. The molecule has 53 heavy (non-hydrogen) atoms. The monoisotopic (exact) mass is 672 g/mol. The Morgan fingerprint density at radius 2 is 0.925 bits per heavy atom. The van der Waals surface area contributed by atoms with E-state index in [9.17, 15) is 0 Å². The van der Waals surface area contributed by atoms with E-state index in [-0.39, 0.29) is 0 Å². The third-order valence-corrected chi connectivity index (χ3v) is 11.0. The molecule has 0 radical (unpaired) electrons. The molecule has 11 rings (SSSR count). The number of ether oxygens (including phenoxy) is 1. The van der Waals surface area contributed by atoms with Crippen LogP contribution < -0.4 is 4.74 Å². The summed E-state index contributed by atoms with van der Waals surface area (Å²) in [6, 6.07) is 70.6. The molecular weight excluding hydrogens is 641 g/mol. The van der Waals surface area contributed by atoms with Gasteiger partial charge in [-0.05, 0) is 130 Å². The Labute approximate surface area is 308 Å². The molecule has 1 aliphatic heterocycles. The van der Waals surface area contributed by atoms with E-state index in [1.54, 1.807) is 0 Å². The molecule has 0 amide bonds. The maximum Gasteiger partial charge on any atom is 0.135 e. The van der Waals surface area contributed by atoms with Crippen molar-refractivity contribution < 1.29 is 4.74 Å². The molecule has 246 valence electrons. The fourth-order valence-corrected chi connectivity index (χ4v) is 8.55. The van der Waals surface area contributed by atoms with Gasteiger partial charge < -0.3 is 4.74 Å². The first kappa shape index (κ1) is 29.7. The summed E-state index contributed by atoms with van der Waals surface area (Å²) in [5, 5.41) is 9.89. The quantitative estimate of drug-likeness (QED) is 0.134. The van der Waals surface area contributed by atoms with Crippen molar-refractivity contribution in [3.63, 3.8) is 0 Å². The van der Waals surface area contributed by atoms with Crippen LogP contribution in [0.5, 0.6) is 11.5 Å². The summed E-state index contributed by atoms with van der Waals surface area (Å²) in [5.74, 6) is 1.78. The molecule has 1 heteroatoms. The van der Waals surface area contributed by atoms with Crippen molar-refractivity contribution in [1.82, 2.24) is 0 Å². The van der Waals surface area contributed by atoms with Gasteiger partial charge in [-0.3, -0.25) is 0 Å². The zero-order chi connectivity index (χ0) is 34.9. The summed E-state index contributed by atoms with van der Waals surface area (Å²) in [4.78, 5) is 0. The molecule has 1 nitrogen and oxygen atoms in total. The van der Waals surface area contributed by atoms with Gasteiger partial charge in [-0.1, -0.05) is 152 Å². The van der Waals surface area contributed by atoms with Crippen molar-refractivity contribution in [3.8, 4) is 67.1 Å². The van der Waals surface area contributed by atoms with Crippen molar-refractivity contribution in [2.75, 3.05) is 0 Å². The van der Waals surface area contributed by atoms with Crippen LogP contribution >= 0.6 is 0 Å². The summed E-state index contributed by atoms with van der Waals surface area (Å²) in [6.07, 6.45) is 0. The van der Waals surface area contributed by atoms with Crippen LogP contribution in [0.25, 0.3) is 98.7 Å². The minimum absolute atomic E-state index is 0.892. The Bertz CT molecular complexity index is 3070. The van der Waals surface area contributed by atoms with Gasteiger partial charge in [-0.2, -0.15) is 0 Å². The van der Waals surface area contributed by atoms with Crippen LogP contribution in [-0.2, 0) is 0 Å². The Kier molecular flexibility index (Phi) is 6.62. The Balaban J connectivity index is 1.16. The molecule has 0 atom stereocenters. The van der Waals surface area contributed by atoms with Crippen molar-refractivity contribution >= 4 is 43.1 Å². The molecule has 0 spiro atoms. The second-order valence-electron chi connectivity index (χ2n) is 14.0. The van der Waals surface area contributed by atoms with E-state index < -0.39 is 0 Å². The lowest BCUT2D eigenvalue weighted by atomic mass is 9.85. The summed E-state index contributed by atoms with van der Waals surface area (Å²) < 4.78 is 6.72. The number of hydrogen-bond acceptors (Lipinski definition) is 1. The van der Waals surface area contributed by atoms with Crippen LogP contribution in [0.3, 0.4) is 0 Å². The van der Waals surface area contributed by atoms with Gasteiger partial charge in [-0.15, -0.1) is 0 Å². The van der Waals surface area contributed by atoms with Crippen LogP contribution in [0.1, 0.15) is 0 Å². The molecule has 0 fully saturated rings. The fraction of sp³-hybridized carbons (Fsp3) is 0. The molecule has 1 aliphatic rings. The Morgan fingerprint density at radius 3 is 1.75 bits per heavy atom. The Hall–Kier alpha value is -6.96. The summed E-state index contributed by atoms with van der Waals surface area (Å²) in [5.41, 5.74) is 11.9. The molecule has 10 aromatic rings. The van der Waals surface area contributed by atoms with E-state index in [0.717, 1.165) is 28.0 Å². The first-order valence-corrected chi connectivity index (χ1v) is 18.2. The predicted molar refractivity (Wildman–Crippen MR) is 224 cm³/mol. The van der Waals surface area contributed by atoms with E-state index in [2.05, 4.69) is 194 Å². The molecule has 0 bridgehead atoms. The maximum atomic E-state index is 6.72. The SMILES string of the molecule is c1ccc(-c2cc(-c3ccc4c5c(cccc35)-c3ccc(-c5ccccc5)cc3O4)cc(-c3c4ccccc4cc4c3ccc3ccccc34)c2)cc1. The van der Waals surface area contributed by atoms with Crippen LogP contribution in [0, 0.1) is 0 Å². The average Bonchev–Trinajstić information content (AvgIpc) is 3.23. The van der Waals surface area contributed by atoms with Gasteiger partial charge in [0.25, 0.3) is 0 Å². The molecule has 0 saturated heterocycles. The summed E-state index contributed by atoms with van der Waals surface area (Å²) in [7, 11) is 0. The molecule has 1 heterocycles. The molecule has 0 unspecified atom stereocenters. The minimum Gasteiger partial charge on any atom is -0.456 e. The first-order chi connectivity index (χ1) is 26.3. The second kappa shape index (κ2) is 11.8. The number of benzene rings is 10. The molecular formula is C52H32O. The largest absolute Gasteiger partial charge is 0.456 e. The van der Waals surface area contributed by atoms with Gasteiger partial charge in [0.15, 0.2) is 0 Å². The van der Waals surface area contributed by atoms with Crippen molar-refractivity contribution in [3.05, 3.63) is 194 Å². The standard InChI is InChI=1S/C52H32O/c1-3-12-33(13-4-1)36-23-24-44-46-21-11-20-45-42(26-27-49(52(45)46)53-50(44)32-36)39-28-38(34-14-5-2-6-15-34)29-40(30-39)51-43-19-10-8-17-37(43)31-48-41-18-9-7-16-35(41)22-25-47(48)51/h1-32H. The van der Waals surface area contributed by atoms with Crippen LogP contribution in [0.15, 0.2) is 194 Å². The molecule has 0 saturated carbocycles. The highest BCUT2D eigenvalue weighted by atomic mass is 16.5. The summed E-state index contributed by atoms with van der Waals surface area (Å²) >= 11 is 0. The zero-order valence-corrected chi connectivity index (χ0v) is 28.9. The average molecular weight is 673 g/mol. The van der Waals surface area contributed by atoms with Crippen molar-refractivity contribution in [2.45, 2.75) is 0 Å². The van der Waals surface area contributed by atoms with Crippen LogP contribution in [0.4, 0.5) is 0 Å². The molecule has 0 aliphatic carbocycles. The van der Waals surface area contributed by atoms with E-state index >= 15 is 0 Å². The summed E-state index contributed by atoms with van der Waals surface area (Å²) in [6.45, 7) is 0. The normalized spacial score (nSPS) is 11.9. The third-order valence-electron chi connectivity index (χ3n) is 11.0. The highest BCUT2D eigenvalue weighted by Gasteiger charge is 2.23. The minimum atomic E-state index is 0.892. The topological polar surface area (TPSA) is 9.23 Å². The van der Waals surface area contributed by atoms with Gasteiger partial charge in [0.1, 0.15) is 11.5 Å². The number of hydrogen-bond donors (Lipinski definition) is 0. The smallest absolute Gasteiger partial charge is 0.135 e. The van der Waals surface area contributed by atoms with E-state index in [1.165, 1.54) is 82.2 Å². The van der Waals surface area contributed by atoms with Crippen molar-refractivity contribution in [1.29, 1.82) is 0 Å². The van der Waals surface area contributed by atoms with Crippen molar-refractivity contribution in [2.24, 2.45) is 0 Å². The second-order valence-corrected chi connectivity index (χ2v) is 14.0. The van der Waals surface area contributed by atoms with Gasteiger partial charge in [-0.25, -0.2) is 0 Å². The maximum absolute atomic E-state index is 6.72. The van der Waals surface area contributed by atoms with Crippen LogP contribution in [-0.4, -0.2) is 0 Å². The fourth-order valence-electron chi connectivity index (χ4n) is 8.55. The molecule has 10 aromatic carbocycles. The molecule has 0 aromatic heterocycles. The van der Waals surface area contributed by atoms with Crippen LogP contribution in [0.2, 0.25) is 0 Å².